The van der Waals surface area contributed by atoms with Crippen molar-refractivity contribution < 1.29 is 13.2 Å². The van der Waals surface area contributed by atoms with Gasteiger partial charge < -0.3 is 5.32 Å². The van der Waals surface area contributed by atoms with E-state index in [1.807, 2.05) is 30.3 Å². The number of benzene rings is 2. The summed E-state index contributed by atoms with van der Waals surface area (Å²) in [5.41, 5.74) is 0.849. The monoisotopic (exact) mass is 513 g/mol. The maximum absolute atomic E-state index is 12.7. The number of nitrogens with one attached hydrogen (secondary N) is 2. The Balaban J connectivity index is 1.84. The van der Waals surface area contributed by atoms with Crippen molar-refractivity contribution in [3.63, 3.8) is 0 Å². The molecule has 3 aromatic rings. The van der Waals surface area contributed by atoms with E-state index < -0.39 is 22.0 Å². The molecule has 1 atom stereocenters. The summed E-state index contributed by atoms with van der Waals surface area (Å²) < 4.78 is 28.9. The van der Waals surface area contributed by atoms with E-state index in [-0.39, 0.29) is 11.3 Å². The number of rotatable bonds is 7. The first-order valence-corrected chi connectivity index (χ1v) is 11.4. The lowest BCUT2D eigenvalue weighted by Gasteiger charge is -2.18. The van der Waals surface area contributed by atoms with Crippen LogP contribution in [0.4, 0.5) is 5.13 Å². The van der Waals surface area contributed by atoms with Crippen molar-refractivity contribution in [1.29, 1.82) is 0 Å². The van der Waals surface area contributed by atoms with Crippen molar-refractivity contribution in [3.05, 3.63) is 75.3 Å². The van der Waals surface area contributed by atoms with Gasteiger partial charge in [-0.1, -0.05) is 30.3 Å². The number of amides is 1. The molecule has 2 aromatic carbocycles. The zero-order chi connectivity index (χ0) is 19.3. The highest BCUT2D eigenvalue weighted by atomic mass is 127. The smallest absolute Gasteiger partial charge is 0.244 e. The highest BCUT2D eigenvalue weighted by Gasteiger charge is 2.26. The first kappa shape index (κ1) is 19.9. The third-order valence-electron chi connectivity index (χ3n) is 3.68. The molecule has 9 heteroatoms. The van der Waals surface area contributed by atoms with E-state index in [1.54, 1.807) is 23.7 Å². The van der Waals surface area contributed by atoms with Gasteiger partial charge in [0, 0.05) is 15.1 Å². The second kappa shape index (κ2) is 8.91. The predicted octanol–water partition coefficient (Wildman–Crippen LogP) is 3.28. The van der Waals surface area contributed by atoms with Crippen molar-refractivity contribution in [2.24, 2.45) is 0 Å². The van der Waals surface area contributed by atoms with Crippen LogP contribution in [0.1, 0.15) is 5.56 Å². The molecule has 3 rings (SSSR count). The van der Waals surface area contributed by atoms with Gasteiger partial charge in [-0.3, -0.25) is 4.79 Å². The summed E-state index contributed by atoms with van der Waals surface area (Å²) in [7, 11) is -3.85. The lowest BCUT2D eigenvalue weighted by molar-refractivity contribution is -0.117. The maximum Gasteiger partial charge on any atom is 0.244 e. The quantitative estimate of drug-likeness (QED) is 0.475. The summed E-state index contributed by atoms with van der Waals surface area (Å²) in [5.74, 6) is -0.456. The fourth-order valence-electron chi connectivity index (χ4n) is 2.38. The summed E-state index contributed by atoms with van der Waals surface area (Å²) in [6, 6.07) is 14.7. The third kappa shape index (κ3) is 5.58. The van der Waals surface area contributed by atoms with Crippen LogP contribution in [-0.4, -0.2) is 25.4 Å². The summed E-state index contributed by atoms with van der Waals surface area (Å²) in [6.45, 7) is 0. The Labute approximate surface area is 175 Å². The first-order valence-electron chi connectivity index (χ1n) is 7.96. The number of carbonyl (C=O) groups is 1. The van der Waals surface area contributed by atoms with Gasteiger partial charge in [-0.2, -0.15) is 4.72 Å². The van der Waals surface area contributed by atoms with Crippen LogP contribution in [-0.2, 0) is 21.2 Å². The van der Waals surface area contributed by atoms with Crippen LogP contribution < -0.4 is 10.0 Å². The minimum atomic E-state index is -3.85. The van der Waals surface area contributed by atoms with Gasteiger partial charge in [-0.15, -0.1) is 11.3 Å². The highest BCUT2D eigenvalue weighted by Crippen LogP contribution is 2.16. The molecular formula is C18H16IN3O3S2. The minimum Gasteiger partial charge on any atom is -0.301 e. The SMILES string of the molecule is O=C(Nc1nccs1)[C@@H](Cc1ccccc1)NS(=O)(=O)c1ccc(I)cc1. The van der Waals surface area contributed by atoms with Crippen LogP contribution in [0.3, 0.4) is 0 Å². The first-order chi connectivity index (χ1) is 12.9. The molecule has 6 nitrogen and oxygen atoms in total. The molecule has 0 aliphatic rings. The number of nitrogens with zero attached hydrogens (tertiary/aromatic N) is 1. The van der Waals surface area contributed by atoms with Gasteiger partial charge in [-0.05, 0) is 58.8 Å². The van der Waals surface area contributed by atoms with Gasteiger partial charge in [-0.25, -0.2) is 13.4 Å². The van der Waals surface area contributed by atoms with Crippen molar-refractivity contribution >= 4 is 55.0 Å². The van der Waals surface area contributed by atoms with E-state index >= 15 is 0 Å². The van der Waals surface area contributed by atoms with Crippen molar-refractivity contribution in [3.8, 4) is 0 Å². The fourth-order valence-corrected chi connectivity index (χ4v) is 4.47. The van der Waals surface area contributed by atoms with Crippen molar-refractivity contribution in [2.75, 3.05) is 5.32 Å². The number of carbonyl (C=O) groups excluding carboxylic acids is 1. The molecule has 0 fully saturated rings. The number of sulfonamides is 1. The van der Waals surface area contributed by atoms with E-state index in [2.05, 4.69) is 37.6 Å². The van der Waals surface area contributed by atoms with Crippen LogP contribution >= 0.6 is 33.9 Å². The zero-order valence-corrected chi connectivity index (χ0v) is 17.8. The lowest BCUT2D eigenvalue weighted by Crippen LogP contribution is -2.45. The molecule has 2 N–H and O–H groups in total. The van der Waals surface area contributed by atoms with Crippen LogP contribution in [0.5, 0.6) is 0 Å². The van der Waals surface area contributed by atoms with Crippen LogP contribution in [0.2, 0.25) is 0 Å². The van der Waals surface area contributed by atoms with Gasteiger partial charge in [0.05, 0.1) is 4.90 Å². The summed E-state index contributed by atoms with van der Waals surface area (Å²) >= 11 is 3.37. The molecule has 0 unspecified atom stereocenters. The minimum absolute atomic E-state index is 0.114. The third-order valence-corrected chi connectivity index (χ3v) is 6.58. The molecule has 1 heterocycles. The Morgan fingerprint density at radius 2 is 1.81 bits per heavy atom. The van der Waals surface area contributed by atoms with Crippen molar-refractivity contribution in [2.45, 2.75) is 17.4 Å². The largest absolute Gasteiger partial charge is 0.301 e. The molecule has 0 aliphatic carbocycles. The normalized spacial score (nSPS) is 12.5. The van der Waals surface area contributed by atoms with Gasteiger partial charge >= 0.3 is 0 Å². The summed E-state index contributed by atoms with van der Waals surface area (Å²) in [4.78, 5) is 16.8. The van der Waals surface area contributed by atoms with Crippen LogP contribution in [0, 0.1) is 3.57 Å². The molecule has 140 valence electrons. The highest BCUT2D eigenvalue weighted by molar-refractivity contribution is 14.1. The Morgan fingerprint density at radius 3 is 2.44 bits per heavy atom. The van der Waals surface area contributed by atoms with Gasteiger partial charge in [0.15, 0.2) is 5.13 Å². The van der Waals surface area contributed by atoms with E-state index in [1.165, 1.54) is 23.5 Å². The van der Waals surface area contributed by atoms with E-state index in [4.69, 9.17) is 0 Å². The number of hydrogen-bond donors (Lipinski definition) is 2. The predicted molar refractivity (Wildman–Crippen MR) is 114 cm³/mol. The molecule has 0 saturated carbocycles. The molecule has 1 aromatic heterocycles. The number of anilines is 1. The topological polar surface area (TPSA) is 88.2 Å². The van der Waals surface area contributed by atoms with Crippen LogP contribution in [0.25, 0.3) is 0 Å². The molecule has 0 aliphatic heterocycles. The molecule has 27 heavy (non-hydrogen) atoms. The molecule has 0 saturated heterocycles. The molecule has 0 spiro atoms. The fraction of sp³-hybridized carbons (Fsp3) is 0.111. The number of aromatic nitrogens is 1. The van der Waals surface area contributed by atoms with Gasteiger partial charge in [0.25, 0.3) is 0 Å². The lowest BCUT2D eigenvalue weighted by atomic mass is 10.1. The van der Waals surface area contributed by atoms with Gasteiger partial charge in [0.2, 0.25) is 15.9 Å². The summed E-state index contributed by atoms with van der Waals surface area (Å²) in [6.07, 6.45) is 1.80. The van der Waals surface area contributed by atoms with E-state index in [0.717, 1.165) is 9.13 Å². The molecule has 0 bridgehead atoms. The molecular weight excluding hydrogens is 497 g/mol. The van der Waals surface area contributed by atoms with Gasteiger partial charge in [0.1, 0.15) is 6.04 Å². The summed E-state index contributed by atoms with van der Waals surface area (Å²) in [5, 5.41) is 4.82. The Bertz CT molecular complexity index is 992. The Kier molecular flexibility index (Phi) is 6.58. The van der Waals surface area contributed by atoms with E-state index in [0.29, 0.717) is 5.13 Å². The van der Waals surface area contributed by atoms with E-state index in [9.17, 15) is 13.2 Å². The van der Waals surface area contributed by atoms with Crippen molar-refractivity contribution in [1.82, 2.24) is 9.71 Å². The average Bonchev–Trinajstić information content (AvgIpc) is 3.15. The average molecular weight is 513 g/mol. The molecule has 0 radical (unpaired) electrons. The zero-order valence-electron chi connectivity index (χ0n) is 14.0. The Morgan fingerprint density at radius 1 is 1.11 bits per heavy atom. The number of thiazole rings is 1. The second-order valence-corrected chi connectivity index (χ2v) is 9.50. The number of hydrogen-bond acceptors (Lipinski definition) is 5. The second-order valence-electron chi connectivity index (χ2n) is 5.64. The Hall–Kier alpha value is -1.82. The molecule has 1 amide bonds. The standard InChI is InChI=1S/C18H16IN3O3S2/c19-14-6-8-15(9-7-14)27(24,25)22-16(12-13-4-2-1-3-5-13)17(23)21-18-20-10-11-26-18/h1-11,16,22H,12H2,(H,20,21,23)/t16-/m1/s1. The maximum atomic E-state index is 12.7. The number of halogens is 1. The van der Waals surface area contributed by atoms with Crippen LogP contribution in [0.15, 0.2) is 71.1 Å².